The standard InChI is InChI=1S/C20H23FN2O4/c21-15-10-16-12(3-4-17(24)22-16)9-14(15)18(25)23-11-13(19(26)27)5-8-20(23)6-1-2-7-20/h9-10,13H,1-8,11H2,(H,22,24)(H,26,27). The van der Waals surface area contributed by atoms with Gasteiger partial charge in [0.1, 0.15) is 5.82 Å². The maximum Gasteiger partial charge on any atom is 0.308 e. The van der Waals surface area contributed by atoms with Crippen LogP contribution in [0.4, 0.5) is 10.1 Å². The minimum atomic E-state index is -0.908. The van der Waals surface area contributed by atoms with Crippen LogP contribution in [0.3, 0.4) is 0 Å². The molecule has 1 saturated carbocycles. The lowest BCUT2D eigenvalue weighted by atomic mass is 9.80. The van der Waals surface area contributed by atoms with Crippen molar-refractivity contribution in [3.05, 3.63) is 29.1 Å². The summed E-state index contributed by atoms with van der Waals surface area (Å²) in [5.74, 6) is -2.78. The van der Waals surface area contributed by atoms with E-state index in [1.165, 1.54) is 12.1 Å². The van der Waals surface area contributed by atoms with E-state index >= 15 is 0 Å². The molecule has 0 aromatic heterocycles. The number of fused-ring (bicyclic) bond motifs is 1. The topological polar surface area (TPSA) is 86.7 Å². The number of carboxylic acids is 1. The van der Waals surface area contributed by atoms with Crippen molar-refractivity contribution in [2.45, 2.75) is 56.9 Å². The molecule has 2 heterocycles. The van der Waals surface area contributed by atoms with Crippen LogP contribution in [0.1, 0.15) is 60.9 Å². The Bertz CT molecular complexity index is 816. The van der Waals surface area contributed by atoms with E-state index < -0.39 is 23.6 Å². The van der Waals surface area contributed by atoms with Crippen molar-refractivity contribution < 1.29 is 23.9 Å². The van der Waals surface area contributed by atoms with E-state index in [1.54, 1.807) is 4.90 Å². The van der Waals surface area contributed by atoms with Gasteiger partial charge in [-0.3, -0.25) is 14.4 Å². The van der Waals surface area contributed by atoms with Crippen molar-refractivity contribution in [3.8, 4) is 0 Å². The average Bonchev–Trinajstić information content (AvgIpc) is 3.09. The summed E-state index contributed by atoms with van der Waals surface area (Å²) in [7, 11) is 0. The van der Waals surface area contributed by atoms with Gasteiger partial charge in [-0.2, -0.15) is 0 Å². The first kappa shape index (κ1) is 17.9. The normalized spacial score (nSPS) is 23.8. The number of rotatable bonds is 2. The highest BCUT2D eigenvalue weighted by Gasteiger charge is 2.47. The number of amides is 2. The number of anilines is 1. The van der Waals surface area contributed by atoms with Gasteiger partial charge in [0.2, 0.25) is 5.91 Å². The molecule has 2 N–H and O–H groups in total. The van der Waals surface area contributed by atoms with Gasteiger partial charge in [0, 0.05) is 24.2 Å². The molecule has 1 unspecified atom stereocenters. The number of nitrogens with zero attached hydrogens (tertiary/aromatic N) is 1. The summed E-state index contributed by atoms with van der Waals surface area (Å²) in [6.45, 7) is 0.126. The molecule has 4 rings (SSSR count). The van der Waals surface area contributed by atoms with Crippen LogP contribution in [0, 0.1) is 11.7 Å². The van der Waals surface area contributed by atoms with E-state index in [4.69, 9.17) is 0 Å². The lowest BCUT2D eigenvalue weighted by molar-refractivity contribution is -0.144. The summed E-state index contributed by atoms with van der Waals surface area (Å²) >= 11 is 0. The second-order valence-corrected chi connectivity index (χ2v) is 7.96. The number of piperidine rings is 1. The van der Waals surface area contributed by atoms with E-state index in [0.29, 0.717) is 31.4 Å². The monoisotopic (exact) mass is 374 g/mol. The molecular formula is C20H23FN2O4. The number of likely N-dealkylation sites (tertiary alicyclic amines) is 1. The maximum atomic E-state index is 14.7. The zero-order valence-corrected chi connectivity index (χ0v) is 15.1. The van der Waals surface area contributed by atoms with Gasteiger partial charge in [0.05, 0.1) is 11.5 Å². The van der Waals surface area contributed by atoms with Crippen molar-refractivity contribution >= 4 is 23.5 Å². The van der Waals surface area contributed by atoms with Gasteiger partial charge in [0.25, 0.3) is 5.91 Å². The molecule has 2 aliphatic heterocycles. The van der Waals surface area contributed by atoms with Gasteiger partial charge >= 0.3 is 5.97 Å². The van der Waals surface area contributed by atoms with Crippen molar-refractivity contribution in [2.24, 2.45) is 5.92 Å². The fraction of sp³-hybridized carbons (Fsp3) is 0.550. The van der Waals surface area contributed by atoms with Crippen LogP contribution < -0.4 is 5.32 Å². The number of nitrogens with one attached hydrogen (secondary N) is 1. The molecule has 144 valence electrons. The van der Waals surface area contributed by atoms with Crippen molar-refractivity contribution in [2.75, 3.05) is 11.9 Å². The molecule has 0 bridgehead atoms. The highest BCUT2D eigenvalue weighted by Crippen LogP contribution is 2.44. The molecule has 1 aromatic carbocycles. The Labute approximate surface area is 156 Å². The van der Waals surface area contributed by atoms with Gasteiger partial charge in [0.15, 0.2) is 0 Å². The van der Waals surface area contributed by atoms with E-state index in [0.717, 1.165) is 31.2 Å². The van der Waals surface area contributed by atoms with Crippen LogP contribution in [0.5, 0.6) is 0 Å². The number of hydrogen-bond acceptors (Lipinski definition) is 3. The number of carbonyl (C=O) groups is 3. The summed E-state index contributed by atoms with van der Waals surface area (Å²) in [4.78, 5) is 37.9. The number of aryl methyl sites for hydroxylation is 1. The first-order valence-corrected chi connectivity index (χ1v) is 9.57. The Kier molecular flexibility index (Phi) is 4.40. The van der Waals surface area contributed by atoms with E-state index in [2.05, 4.69) is 5.32 Å². The first-order valence-electron chi connectivity index (χ1n) is 9.57. The molecule has 27 heavy (non-hydrogen) atoms. The molecule has 1 saturated heterocycles. The number of carboxylic acid groups (broad SMARTS) is 1. The third kappa shape index (κ3) is 3.09. The van der Waals surface area contributed by atoms with Crippen molar-refractivity contribution in [3.63, 3.8) is 0 Å². The summed E-state index contributed by atoms with van der Waals surface area (Å²) in [5.41, 5.74) is 0.784. The van der Waals surface area contributed by atoms with Crippen LogP contribution >= 0.6 is 0 Å². The number of benzene rings is 1. The lowest BCUT2D eigenvalue weighted by Gasteiger charge is -2.47. The van der Waals surface area contributed by atoms with Crippen LogP contribution in [-0.2, 0) is 16.0 Å². The Morgan fingerprint density at radius 2 is 1.93 bits per heavy atom. The van der Waals surface area contributed by atoms with Crippen LogP contribution in [-0.4, -0.2) is 39.9 Å². The third-order valence-electron chi connectivity index (χ3n) is 6.38. The highest BCUT2D eigenvalue weighted by molar-refractivity contribution is 5.98. The fourth-order valence-electron chi connectivity index (χ4n) is 4.85. The van der Waals surface area contributed by atoms with Crippen LogP contribution in [0.15, 0.2) is 12.1 Å². The Morgan fingerprint density at radius 1 is 1.19 bits per heavy atom. The molecule has 2 amide bonds. The largest absolute Gasteiger partial charge is 0.481 e. The molecule has 2 fully saturated rings. The molecule has 6 nitrogen and oxygen atoms in total. The average molecular weight is 374 g/mol. The van der Waals surface area contributed by atoms with Gasteiger partial charge in [-0.1, -0.05) is 12.8 Å². The van der Waals surface area contributed by atoms with Crippen molar-refractivity contribution in [1.82, 2.24) is 4.90 Å². The molecule has 1 aliphatic carbocycles. The summed E-state index contributed by atoms with van der Waals surface area (Å²) < 4.78 is 14.7. The number of hydrogen-bond donors (Lipinski definition) is 2. The van der Waals surface area contributed by atoms with Crippen molar-refractivity contribution in [1.29, 1.82) is 0 Å². The van der Waals surface area contributed by atoms with Gasteiger partial charge in [-0.05, 0) is 49.8 Å². The first-order chi connectivity index (χ1) is 12.9. The van der Waals surface area contributed by atoms with E-state index in [1.807, 2.05) is 0 Å². The van der Waals surface area contributed by atoms with Crippen LogP contribution in [0.2, 0.25) is 0 Å². The maximum absolute atomic E-state index is 14.7. The third-order valence-corrected chi connectivity index (χ3v) is 6.38. The highest BCUT2D eigenvalue weighted by atomic mass is 19.1. The minimum absolute atomic E-state index is 0.0257. The zero-order valence-electron chi connectivity index (χ0n) is 15.1. The van der Waals surface area contributed by atoms with Crippen LogP contribution in [0.25, 0.3) is 0 Å². The predicted octanol–water partition coefficient (Wildman–Crippen LogP) is 2.96. The molecule has 1 aromatic rings. The Morgan fingerprint density at radius 3 is 2.63 bits per heavy atom. The van der Waals surface area contributed by atoms with E-state index in [-0.39, 0.29) is 23.6 Å². The van der Waals surface area contributed by atoms with Gasteiger partial charge in [-0.25, -0.2) is 4.39 Å². The predicted molar refractivity (Wildman–Crippen MR) is 95.9 cm³/mol. The number of carbonyl (C=O) groups excluding carboxylic acids is 2. The quantitative estimate of drug-likeness (QED) is 0.833. The number of halogens is 1. The summed E-state index contributed by atoms with van der Waals surface area (Å²) in [6, 6.07) is 2.74. The zero-order chi connectivity index (χ0) is 19.2. The molecule has 0 radical (unpaired) electrons. The van der Waals surface area contributed by atoms with Gasteiger partial charge < -0.3 is 15.3 Å². The second-order valence-electron chi connectivity index (χ2n) is 7.96. The lowest BCUT2D eigenvalue weighted by Crippen LogP contribution is -2.56. The molecule has 1 spiro atoms. The van der Waals surface area contributed by atoms with Gasteiger partial charge in [-0.15, -0.1) is 0 Å². The molecule has 3 aliphatic rings. The Hall–Kier alpha value is -2.44. The molecule has 7 heteroatoms. The minimum Gasteiger partial charge on any atom is -0.481 e. The molecule has 1 atom stereocenters. The Balaban J connectivity index is 1.69. The molecular weight excluding hydrogens is 351 g/mol. The summed E-state index contributed by atoms with van der Waals surface area (Å²) in [6.07, 6.45) is 5.66. The fourth-order valence-corrected chi connectivity index (χ4v) is 4.85. The smallest absolute Gasteiger partial charge is 0.308 e. The SMILES string of the molecule is O=C1CCc2cc(C(=O)N3CC(C(=O)O)CCC34CCCC4)c(F)cc2N1. The number of aliphatic carboxylic acids is 1. The second kappa shape index (κ2) is 6.62. The van der Waals surface area contributed by atoms with E-state index in [9.17, 15) is 23.9 Å². The summed E-state index contributed by atoms with van der Waals surface area (Å²) in [5, 5.41) is 12.1.